The molecular weight excluding hydrogens is 377 g/mol. The molecular formula is HBiFeMoO. The molecule has 1 nitrogen and oxygen atoms in total. The molecule has 0 radical (unpaired) electrons. The molecule has 0 saturated carbocycles. The van der Waals surface area contributed by atoms with Gasteiger partial charge in [-0.05, 0) is 0 Å². The van der Waals surface area contributed by atoms with Crippen LogP contribution in [0.1, 0.15) is 0 Å². The van der Waals surface area contributed by atoms with E-state index in [1.165, 1.54) is 0 Å². The minimum atomic E-state index is 0. The molecule has 0 aliphatic rings. The standard InChI is InChI=1S/Bi.Fe.Mo.O.H. The van der Waals surface area contributed by atoms with Crippen LogP contribution in [0.5, 0.6) is 0 Å². The molecule has 0 spiro atoms. The molecule has 0 fully saturated rings. The average molecular weight is 378 g/mol. The third-order valence-electron chi connectivity index (χ3n) is 0. The summed E-state index contributed by atoms with van der Waals surface area (Å²) in [4.78, 5) is 0. The second kappa shape index (κ2) is 20.7. The summed E-state index contributed by atoms with van der Waals surface area (Å²) in [6, 6.07) is 0. The third-order valence-corrected chi connectivity index (χ3v) is 0. The zero-order valence-electron chi connectivity index (χ0n) is 1.67. The summed E-state index contributed by atoms with van der Waals surface area (Å²) in [5, 5.41) is 0. The maximum absolute atomic E-state index is 8.39. The Morgan fingerprint density at radius 2 is 1.25 bits per heavy atom. The molecule has 0 aliphatic heterocycles. The van der Waals surface area contributed by atoms with Crippen molar-refractivity contribution in [3.63, 3.8) is 0 Å². The van der Waals surface area contributed by atoms with E-state index >= 15 is 0 Å². The molecule has 0 aromatic carbocycles. The van der Waals surface area contributed by atoms with Gasteiger partial charge in [0.1, 0.15) is 0 Å². The minimum absolute atomic E-state index is 0. The molecule has 0 heterocycles. The topological polar surface area (TPSA) is 17.1 Å². The predicted octanol–water partition coefficient (Wildman–Crippen LogP) is -0.772. The second-order valence-electron chi connectivity index (χ2n) is 0. The van der Waals surface area contributed by atoms with Gasteiger partial charge in [-0.3, -0.25) is 0 Å². The molecule has 0 aromatic rings. The summed E-state index contributed by atoms with van der Waals surface area (Å²) in [7, 11) is 0. The van der Waals surface area contributed by atoms with Gasteiger partial charge < -0.3 is 0 Å². The van der Waals surface area contributed by atoms with Crippen molar-refractivity contribution in [2.24, 2.45) is 0 Å². The first kappa shape index (κ1) is 16.9. The fourth-order valence-corrected chi connectivity index (χ4v) is 0. The Morgan fingerprint density at radius 1 is 1.25 bits per heavy atom. The Bertz CT molecular complexity index is 8.00. The van der Waals surface area contributed by atoms with E-state index in [9.17, 15) is 0 Å². The van der Waals surface area contributed by atoms with Crippen molar-refractivity contribution in [2.45, 2.75) is 0 Å². The van der Waals surface area contributed by atoms with Gasteiger partial charge in [-0.15, -0.1) is 0 Å². The van der Waals surface area contributed by atoms with Crippen molar-refractivity contribution in [3.8, 4) is 0 Å². The Balaban J connectivity index is -0.00000000500. The van der Waals surface area contributed by atoms with Gasteiger partial charge in [0.2, 0.25) is 0 Å². The zero-order chi connectivity index (χ0) is 2.00. The van der Waals surface area contributed by atoms with E-state index in [0.29, 0.717) is 0 Å². The molecule has 0 N–H and O–H groups in total. The van der Waals surface area contributed by atoms with E-state index in [4.69, 9.17) is 2.81 Å². The van der Waals surface area contributed by atoms with Crippen molar-refractivity contribution in [3.05, 3.63) is 0 Å². The van der Waals surface area contributed by atoms with E-state index in [2.05, 4.69) is 0 Å². The summed E-state index contributed by atoms with van der Waals surface area (Å²) in [5.41, 5.74) is 0. The van der Waals surface area contributed by atoms with Gasteiger partial charge in [0.15, 0.2) is 0 Å². The molecule has 0 bridgehead atoms. The van der Waals surface area contributed by atoms with Gasteiger partial charge in [0, 0.05) is 38.1 Å². The molecule has 0 aromatic heterocycles. The first-order valence-corrected chi connectivity index (χ1v) is 1.79. The molecule has 0 aliphatic carbocycles. The van der Waals surface area contributed by atoms with Crippen LogP contribution in [0.15, 0.2) is 0 Å². The van der Waals surface area contributed by atoms with Gasteiger partial charge in [0.25, 0.3) is 0 Å². The molecule has 0 saturated heterocycles. The fraction of sp³-hybridized carbons (Fsp3) is 0. The number of hydrogen-bond acceptors (Lipinski definition) is 1. The first-order valence-electron chi connectivity index (χ1n) is 0.204. The Morgan fingerprint density at radius 3 is 1.25 bits per heavy atom. The molecule has 0 atom stereocenters. The fourth-order valence-electron chi connectivity index (χ4n) is 0. The third kappa shape index (κ3) is 9.09. The van der Waals surface area contributed by atoms with Crippen molar-refractivity contribution in [1.82, 2.24) is 0 Å². The van der Waals surface area contributed by atoms with Crippen molar-refractivity contribution in [2.75, 3.05) is 0 Å². The van der Waals surface area contributed by atoms with E-state index in [1.54, 1.807) is 0 Å². The van der Waals surface area contributed by atoms with Crippen LogP contribution in [0.2, 0.25) is 0 Å². The quantitative estimate of drug-likeness (QED) is 0.507. The van der Waals surface area contributed by atoms with Crippen LogP contribution in [0.4, 0.5) is 0 Å². The average Bonchev–Trinajstić information content (AvgIpc) is 1.00. The molecule has 26 valence electrons. The van der Waals surface area contributed by atoms with E-state index < -0.39 is 0 Å². The van der Waals surface area contributed by atoms with E-state index in [1.807, 2.05) is 0 Å². The van der Waals surface area contributed by atoms with Crippen LogP contribution in [0.3, 0.4) is 0 Å². The van der Waals surface area contributed by atoms with Gasteiger partial charge in [0.05, 0.1) is 0 Å². The number of rotatable bonds is 0. The van der Waals surface area contributed by atoms with Crippen molar-refractivity contribution < 1.29 is 40.9 Å². The maximum atomic E-state index is 8.39. The van der Waals surface area contributed by atoms with E-state index in [0.717, 1.165) is 0 Å². The second-order valence-corrected chi connectivity index (χ2v) is 0. The molecule has 4 heteroatoms. The Hall–Kier alpha value is 1.89. The Kier molecular flexibility index (Phi) is 87.3. The van der Waals surface area contributed by atoms with Gasteiger partial charge in [-0.2, -0.15) is 0 Å². The molecule has 0 rings (SSSR count). The van der Waals surface area contributed by atoms with Crippen LogP contribution in [-0.4, -0.2) is 24.7 Å². The molecule has 0 unspecified atom stereocenters. The summed E-state index contributed by atoms with van der Waals surface area (Å²) in [5.74, 6) is 0. The number of hydrogen-bond donors (Lipinski definition) is 0. The van der Waals surface area contributed by atoms with Crippen LogP contribution in [0, 0.1) is 0 Å². The predicted molar refractivity (Wildman–Crippen MR) is 7.84 cm³/mol. The Labute approximate surface area is 64.9 Å². The zero-order valence-corrected chi connectivity index (χ0v) is 8.67. The van der Waals surface area contributed by atoms with Crippen LogP contribution in [0.25, 0.3) is 0 Å². The van der Waals surface area contributed by atoms with Crippen LogP contribution >= 0.6 is 0 Å². The van der Waals surface area contributed by atoms with Crippen LogP contribution in [-0.2, 0) is 40.9 Å². The van der Waals surface area contributed by atoms with Gasteiger partial charge in [-0.25, -0.2) is 0 Å². The summed E-state index contributed by atoms with van der Waals surface area (Å²) in [6.07, 6.45) is 0. The SMILES string of the molecule is [Fe].[Mo].[O]=[BiH]. The monoisotopic (exact) mass is 380 g/mol. The summed E-state index contributed by atoms with van der Waals surface area (Å²) >= 11 is 0.0556. The summed E-state index contributed by atoms with van der Waals surface area (Å²) < 4.78 is 8.39. The van der Waals surface area contributed by atoms with Gasteiger partial charge >= 0.3 is 27.5 Å². The van der Waals surface area contributed by atoms with E-state index in [-0.39, 0.29) is 62.9 Å². The van der Waals surface area contributed by atoms with Crippen molar-refractivity contribution in [1.29, 1.82) is 0 Å². The molecule has 4 heavy (non-hydrogen) atoms. The molecule has 0 amide bonds. The first-order chi connectivity index (χ1) is 1.00. The summed E-state index contributed by atoms with van der Waals surface area (Å²) in [6.45, 7) is 0. The van der Waals surface area contributed by atoms with Crippen molar-refractivity contribution >= 4 is 24.7 Å². The van der Waals surface area contributed by atoms with Gasteiger partial charge in [-0.1, -0.05) is 0 Å². The van der Waals surface area contributed by atoms with Crippen LogP contribution < -0.4 is 0 Å². The normalized spacial score (nSPS) is 1.00.